The molecule has 0 heterocycles. The van der Waals surface area contributed by atoms with E-state index in [1.807, 2.05) is 0 Å². The van der Waals surface area contributed by atoms with E-state index in [0.29, 0.717) is 0 Å². The van der Waals surface area contributed by atoms with Gasteiger partial charge in [0.15, 0.2) is 5.96 Å². The normalized spacial score (nSPS) is 11.8. The summed E-state index contributed by atoms with van der Waals surface area (Å²) in [7, 11) is 1.79. The molecular weight excluding hydrogens is 349 g/mol. The molecule has 0 aliphatic carbocycles. The van der Waals surface area contributed by atoms with Crippen molar-refractivity contribution in [2.45, 2.75) is 46.7 Å². The molecule has 0 atom stereocenters. The predicted molar refractivity (Wildman–Crippen MR) is 94.4 cm³/mol. The van der Waals surface area contributed by atoms with Crippen LogP contribution in [-0.2, 0) is 6.54 Å². The van der Waals surface area contributed by atoms with Crippen LogP contribution >= 0.6 is 24.0 Å². The zero-order chi connectivity index (χ0) is 13.8. The van der Waals surface area contributed by atoms with Crippen LogP contribution in [0.1, 0.15) is 37.5 Å². The maximum absolute atomic E-state index is 4.23. The number of hydrogen-bond donors (Lipinski definition) is 2. The Morgan fingerprint density at radius 1 is 1.21 bits per heavy atom. The molecule has 1 aromatic rings. The second-order valence-electron chi connectivity index (χ2n) is 5.73. The summed E-state index contributed by atoms with van der Waals surface area (Å²) >= 11 is 0. The zero-order valence-corrected chi connectivity index (χ0v) is 15.1. The van der Waals surface area contributed by atoms with Crippen LogP contribution in [0.2, 0.25) is 0 Å². The first-order valence-electron chi connectivity index (χ1n) is 6.37. The highest BCUT2D eigenvalue weighted by Crippen LogP contribution is 2.10. The number of rotatable bonds is 2. The van der Waals surface area contributed by atoms with Crippen molar-refractivity contribution in [2.75, 3.05) is 7.05 Å². The van der Waals surface area contributed by atoms with Crippen LogP contribution in [0.15, 0.2) is 23.2 Å². The third kappa shape index (κ3) is 6.80. The lowest BCUT2D eigenvalue weighted by Crippen LogP contribution is -2.47. The Morgan fingerprint density at radius 2 is 1.84 bits per heavy atom. The first-order valence-corrected chi connectivity index (χ1v) is 6.37. The minimum absolute atomic E-state index is 0. The second-order valence-corrected chi connectivity index (χ2v) is 5.73. The lowest BCUT2D eigenvalue weighted by atomic mass is 10.1. The Balaban J connectivity index is 0.00000324. The van der Waals surface area contributed by atoms with Gasteiger partial charge in [0, 0.05) is 19.1 Å². The molecule has 108 valence electrons. The number of benzene rings is 1. The van der Waals surface area contributed by atoms with Gasteiger partial charge in [-0.25, -0.2) is 0 Å². The molecule has 1 rings (SSSR count). The summed E-state index contributed by atoms with van der Waals surface area (Å²) in [6.07, 6.45) is 0. The van der Waals surface area contributed by atoms with Gasteiger partial charge in [0.05, 0.1) is 0 Å². The zero-order valence-electron chi connectivity index (χ0n) is 12.8. The molecule has 0 aromatic heterocycles. The first kappa shape index (κ1) is 18.2. The quantitative estimate of drug-likeness (QED) is 0.472. The lowest BCUT2D eigenvalue weighted by molar-refractivity contribution is 0.501. The van der Waals surface area contributed by atoms with Crippen LogP contribution in [0, 0.1) is 13.8 Å². The molecule has 0 fully saturated rings. The van der Waals surface area contributed by atoms with E-state index >= 15 is 0 Å². The Labute approximate surface area is 134 Å². The standard InChI is InChI=1S/C15H25N3.HI/c1-11-7-8-13(12(2)9-11)10-17-14(16-6)18-15(3,4)5;/h7-9H,10H2,1-6H3,(H2,16,17,18);1H. The summed E-state index contributed by atoms with van der Waals surface area (Å²) in [6, 6.07) is 6.52. The summed E-state index contributed by atoms with van der Waals surface area (Å²) in [5, 5.41) is 6.69. The number of aliphatic imine (C=N–C) groups is 1. The molecule has 0 aliphatic rings. The first-order chi connectivity index (χ1) is 8.31. The van der Waals surface area contributed by atoms with Gasteiger partial charge in [-0.3, -0.25) is 4.99 Å². The minimum Gasteiger partial charge on any atom is -0.352 e. The molecule has 2 N–H and O–H groups in total. The molecule has 0 radical (unpaired) electrons. The van der Waals surface area contributed by atoms with E-state index in [2.05, 4.69) is 68.4 Å². The molecule has 0 bridgehead atoms. The molecule has 0 saturated heterocycles. The van der Waals surface area contributed by atoms with Crippen LogP contribution in [0.5, 0.6) is 0 Å². The second kappa shape index (κ2) is 7.72. The van der Waals surface area contributed by atoms with Crippen molar-refractivity contribution in [2.24, 2.45) is 4.99 Å². The molecular formula is C15H26IN3. The van der Waals surface area contributed by atoms with Crippen LogP contribution in [-0.4, -0.2) is 18.5 Å². The summed E-state index contributed by atoms with van der Waals surface area (Å²) in [5.74, 6) is 0.836. The van der Waals surface area contributed by atoms with E-state index in [0.717, 1.165) is 12.5 Å². The monoisotopic (exact) mass is 375 g/mol. The maximum Gasteiger partial charge on any atom is 0.191 e. The SMILES string of the molecule is CN=C(NCc1ccc(C)cc1C)NC(C)(C)C.I. The lowest BCUT2D eigenvalue weighted by Gasteiger charge is -2.24. The Hall–Kier alpha value is -0.780. The van der Waals surface area contributed by atoms with Crippen molar-refractivity contribution in [3.8, 4) is 0 Å². The number of aryl methyl sites for hydroxylation is 2. The third-order valence-electron chi connectivity index (χ3n) is 2.66. The van der Waals surface area contributed by atoms with Crippen molar-refractivity contribution in [3.05, 3.63) is 34.9 Å². The van der Waals surface area contributed by atoms with Gasteiger partial charge in [-0.1, -0.05) is 23.8 Å². The van der Waals surface area contributed by atoms with Crippen LogP contribution in [0.4, 0.5) is 0 Å². The van der Waals surface area contributed by atoms with Crippen LogP contribution in [0.3, 0.4) is 0 Å². The number of halogens is 1. The molecule has 0 unspecified atom stereocenters. The summed E-state index contributed by atoms with van der Waals surface area (Å²) in [5.41, 5.74) is 3.93. The van der Waals surface area contributed by atoms with Gasteiger partial charge < -0.3 is 10.6 Å². The van der Waals surface area contributed by atoms with E-state index in [4.69, 9.17) is 0 Å². The number of guanidine groups is 1. The van der Waals surface area contributed by atoms with Crippen molar-refractivity contribution < 1.29 is 0 Å². The van der Waals surface area contributed by atoms with E-state index in [-0.39, 0.29) is 29.5 Å². The molecule has 0 aliphatic heterocycles. The fourth-order valence-electron chi connectivity index (χ4n) is 1.76. The van der Waals surface area contributed by atoms with E-state index in [1.165, 1.54) is 16.7 Å². The van der Waals surface area contributed by atoms with Gasteiger partial charge in [-0.2, -0.15) is 0 Å². The van der Waals surface area contributed by atoms with Crippen LogP contribution < -0.4 is 10.6 Å². The largest absolute Gasteiger partial charge is 0.352 e. The fraction of sp³-hybridized carbons (Fsp3) is 0.533. The van der Waals surface area contributed by atoms with Crippen molar-refractivity contribution in [1.82, 2.24) is 10.6 Å². The third-order valence-corrected chi connectivity index (χ3v) is 2.66. The maximum atomic E-state index is 4.23. The number of hydrogen-bond acceptors (Lipinski definition) is 1. The smallest absolute Gasteiger partial charge is 0.191 e. The Morgan fingerprint density at radius 3 is 2.32 bits per heavy atom. The predicted octanol–water partition coefficient (Wildman–Crippen LogP) is 3.38. The molecule has 4 heteroatoms. The van der Waals surface area contributed by atoms with Gasteiger partial charge in [0.1, 0.15) is 0 Å². The average molecular weight is 375 g/mol. The fourth-order valence-corrected chi connectivity index (χ4v) is 1.76. The average Bonchev–Trinajstić information content (AvgIpc) is 2.24. The van der Waals surface area contributed by atoms with Crippen molar-refractivity contribution in [1.29, 1.82) is 0 Å². The minimum atomic E-state index is 0. The van der Waals surface area contributed by atoms with E-state index in [1.54, 1.807) is 7.05 Å². The Bertz CT molecular complexity index is 434. The molecule has 0 spiro atoms. The highest BCUT2D eigenvalue weighted by Gasteiger charge is 2.11. The van der Waals surface area contributed by atoms with Gasteiger partial charge >= 0.3 is 0 Å². The molecule has 0 saturated carbocycles. The van der Waals surface area contributed by atoms with Gasteiger partial charge in [-0.05, 0) is 45.7 Å². The summed E-state index contributed by atoms with van der Waals surface area (Å²) in [4.78, 5) is 4.23. The van der Waals surface area contributed by atoms with E-state index < -0.39 is 0 Å². The highest BCUT2D eigenvalue weighted by molar-refractivity contribution is 14.0. The number of nitrogens with one attached hydrogen (secondary N) is 2. The Kier molecular flexibility index (Phi) is 7.41. The van der Waals surface area contributed by atoms with Crippen LogP contribution in [0.25, 0.3) is 0 Å². The van der Waals surface area contributed by atoms with Gasteiger partial charge in [0.2, 0.25) is 0 Å². The van der Waals surface area contributed by atoms with Crippen molar-refractivity contribution >= 4 is 29.9 Å². The highest BCUT2D eigenvalue weighted by atomic mass is 127. The molecule has 19 heavy (non-hydrogen) atoms. The molecule has 1 aromatic carbocycles. The molecule has 3 nitrogen and oxygen atoms in total. The number of nitrogens with zero attached hydrogens (tertiary/aromatic N) is 1. The summed E-state index contributed by atoms with van der Waals surface area (Å²) < 4.78 is 0. The van der Waals surface area contributed by atoms with Crippen molar-refractivity contribution in [3.63, 3.8) is 0 Å². The van der Waals surface area contributed by atoms with Gasteiger partial charge in [0.25, 0.3) is 0 Å². The summed E-state index contributed by atoms with van der Waals surface area (Å²) in [6.45, 7) is 11.4. The van der Waals surface area contributed by atoms with Gasteiger partial charge in [-0.15, -0.1) is 24.0 Å². The van der Waals surface area contributed by atoms with E-state index in [9.17, 15) is 0 Å². The molecule has 0 amide bonds. The topological polar surface area (TPSA) is 36.4 Å².